The number of carbonyl (C=O) groups is 2. The second-order valence-corrected chi connectivity index (χ2v) is 6.31. The third-order valence-corrected chi connectivity index (χ3v) is 4.67. The van der Waals surface area contributed by atoms with Crippen molar-refractivity contribution in [2.24, 2.45) is 5.92 Å². The number of aromatic nitrogens is 1. The Hall–Kier alpha value is -2.56. The normalized spacial score (nSPS) is 21.0. The number of rotatable bonds is 4. The monoisotopic (exact) mass is 326 g/mol. The van der Waals surface area contributed by atoms with E-state index in [-0.39, 0.29) is 11.9 Å². The van der Waals surface area contributed by atoms with Crippen LogP contribution in [0, 0.1) is 5.92 Å². The number of aromatic amines is 1. The Labute approximate surface area is 141 Å². The lowest BCUT2D eigenvalue weighted by Gasteiger charge is -2.22. The van der Waals surface area contributed by atoms with E-state index in [1.165, 1.54) is 0 Å². The second kappa shape index (κ2) is 7.34. The van der Waals surface area contributed by atoms with Gasteiger partial charge in [0.05, 0.1) is 5.92 Å². The lowest BCUT2D eigenvalue weighted by atomic mass is 9.95. The van der Waals surface area contributed by atoms with E-state index in [9.17, 15) is 14.7 Å². The highest BCUT2D eigenvalue weighted by Gasteiger charge is 2.31. The fourth-order valence-electron chi connectivity index (χ4n) is 3.34. The Morgan fingerprint density at radius 2 is 1.75 bits per heavy atom. The van der Waals surface area contributed by atoms with Gasteiger partial charge in [0.2, 0.25) is 0 Å². The molecular weight excluding hydrogens is 304 g/mol. The Morgan fingerprint density at radius 1 is 1.00 bits per heavy atom. The summed E-state index contributed by atoms with van der Waals surface area (Å²) in [5.74, 6) is -1.56. The van der Waals surface area contributed by atoms with E-state index in [2.05, 4.69) is 10.3 Å². The molecule has 3 rings (SSSR count). The SMILES string of the molecule is O=C(N[C@H]1CCCCC[C@H]1C(=O)O)c1ccc(-c2ccccc2)[nH]1. The van der Waals surface area contributed by atoms with Crippen LogP contribution in [0.2, 0.25) is 0 Å². The molecule has 126 valence electrons. The molecule has 1 aliphatic carbocycles. The first-order valence-corrected chi connectivity index (χ1v) is 8.43. The highest BCUT2D eigenvalue weighted by atomic mass is 16.4. The van der Waals surface area contributed by atoms with Crippen LogP contribution in [0.4, 0.5) is 0 Å². The predicted molar refractivity (Wildman–Crippen MR) is 91.7 cm³/mol. The van der Waals surface area contributed by atoms with Gasteiger partial charge in [-0.05, 0) is 30.5 Å². The average Bonchev–Trinajstić information content (AvgIpc) is 2.97. The third kappa shape index (κ3) is 3.67. The molecular formula is C19H22N2O3. The Balaban J connectivity index is 1.72. The molecule has 0 saturated heterocycles. The first-order valence-electron chi connectivity index (χ1n) is 8.43. The second-order valence-electron chi connectivity index (χ2n) is 6.31. The van der Waals surface area contributed by atoms with Gasteiger partial charge < -0.3 is 15.4 Å². The van der Waals surface area contributed by atoms with Crippen LogP contribution in [-0.2, 0) is 4.79 Å². The van der Waals surface area contributed by atoms with E-state index >= 15 is 0 Å². The first kappa shape index (κ1) is 16.3. The van der Waals surface area contributed by atoms with Crippen LogP contribution in [0.5, 0.6) is 0 Å². The van der Waals surface area contributed by atoms with Gasteiger partial charge in [0, 0.05) is 11.7 Å². The number of carbonyl (C=O) groups excluding carboxylic acids is 1. The van der Waals surface area contributed by atoms with Gasteiger partial charge in [-0.15, -0.1) is 0 Å². The first-order chi connectivity index (χ1) is 11.6. The van der Waals surface area contributed by atoms with Crippen LogP contribution in [0.15, 0.2) is 42.5 Å². The summed E-state index contributed by atoms with van der Waals surface area (Å²) < 4.78 is 0. The van der Waals surface area contributed by atoms with Gasteiger partial charge in [-0.1, -0.05) is 49.6 Å². The van der Waals surface area contributed by atoms with Gasteiger partial charge in [-0.25, -0.2) is 0 Å². The number of hydrogen-bond donors (Lipinski definition) is 3. The van der Waals surface area contributed by atoms with E-state index < -0.39 is 11.9 Å². The van der Waals surface area contributed by atoms with Gasteiger partial charge in [0.1, 0.15) is 5.69 Å². The van der Waals surface area contributed by atoms with Crippen LogP contribution in [0.1, 0.15) is 42.6 Å². The van der Waals surface area contributed by atoms with E-state index in [0.29, 0.717) is 12.1 Å². The van der Waals surface area contributed by atoms with Gasteiger partial charge >= 0.3 is 5.97 Å². The summed E-state index contributed by atoms with van der Waals surface area (Å²) in [5.41, 5.74) is 2.34. The molecule has 1 fully saturated rings. The zero-order chi connectivity index (χ0) is 16.9. The molecule has 5 nitrogen and oxygen atoms in total. The maximum Gasteiger partial charge on any atom is 0.308 e. The lowest BCUT2D eigenvalue weighted by Crippen LogP contribution is -2.42. The number of nitrogens with one attached hydrogen (secondary N) is 2. The van der Waals surface area contributed by atoms with Crippen molar-refractivity contribution in [3.63, 3.8) is 0 Å². The van der Waals surface area contributed by atoms with Gasteiger partial charge in [0.25, 0.3) is 5.91 Å². The highest BCUT2D eigenvalue weighted by Crippen LogP contribution is 2.24. The summed E-state index contributed by atoms with van der Waals surface area (Å²) in [4.78, 5) is 27.1. The van der Waals surface area contributed by atoms with Crippen molar-refractivity contribution in [3.05, 3.63) is 48.2 Å². The van der Waals surface area contributed by atoms with Crippen molar-refractivity contribution < 1.29 is 14.7 Å². The van der Waals surface area contributed by atoms with Crippen molar-refractivity contribution >= 4 is 11.9 Å². The van der Waals surface area contributed by atoms with Crippen molar-refractivity contribution in [2.45, 2.75) is 38.1 Å². The maximum absolute atomic E-state index is 12.5. The number of amides is 1. The average molecular weight is 326 g/mol. The Bertz CT molecular complexity index is 708. The minimum absolute atomic E-state index is 0.240. The van der Waals surface area contributed by atoms with Crippen molar-refractivity contribution in [2.75, 3.05) is 0 Å². The quantitative estimate of drug-likeness (QED) is 0.753. The van der Waals surface area contributed by atoms with E-state index in [0.717, 1.165) is 36.9 Å². The zero-order valence-corrected chi connectivity index (χ0v) is 13.5. The molecule has 0 bridgehead atoms. The molecule has 1 amide bonds. The Kier molecular flexibility index (Phi) is 4.99. The van der Waals surface area contributed by atoms with Gasteiger partial charge in [0.15, 0.2) is 0 Å². The number of hydrogen-bond acceptors (Lipinski definition) is 2. The highest BCUT2D eigenvalue weighted by molar-refractivity contribution is 5.94. The molecule has 1 heterocycles. The summed E-state index contributed by atoms with van der Waals surface area (Å²) in [6.45, 7) is 0. The zero-order valence-electron chi connectivity index (χ0n) is 13.5. The number of carboxylic acid groups (broad SMARTS) is 1. The molecule has 5 heteroatoms. The number of aliphatic carboxylic acids is 1. The molecule has 2 atom stereocenters. The molecule has 0 aliphatic heterocycles. The predicted octanol–water partition coefficient (Wildman–Crippen LogP) is 3.45. The topological polar surface area (TPSA) is 82.2 Å². The summed E-state index contributed by atoms with van der Waals surface area (Å²) in [6, 6.07) is 13.1. The van der Waals surface area contributed by atoms with Crippen LogP contribution < -0.4 is 5.32 Å². The van der Waals surface area contributed by atoms with Crippen LogP contribution >= 0.6 is 0 Å². The molecule has 0 unspecified atom stereocenters. The maximum atomic E-state index is 12.5. The standard InChI is InChI=1S/C19H22N2O3/c22-18(21-16-10-6-2-5-9-14(16)19(23)24)17-12-11-15(20-17)13-7-3-1-4-8-13/h1,3-4,7-8,11-12,14,16,20H,2,5-6,9-10H2,(H,21,22)(H,23,24)/t14-,16+/m1/s1. The summed E-state index contributed by atoms with van der Waals surface area (Å²) >= 11 is 0. The summed E-state index contributed by atoms with van der Waals surface area (Å²) in [7, 11) is 0. The fourth-order valence-corrected chi connectivity index (χ4v) is 3.34. The van der Waals surface area contributed by atoms with Gasteiger partial charge in [-0.3, -0.25) is 9.59 Å². The van der Waals surface area contributed by atoms with E-state index in [1.807, 2.05) is 36.4 Å². The smallest absolute Gasteiger partial charge is 0.308 e. The Morgan fingerprint density at radius 3 is 2.50 bits per heavy atom. The van der Waals surface area contributed by atoms with E-state index in [1.54, 1.807) is 6.07 Å². The largest absolute Gasteiger partial charge is 0.481 e. The van der Waals surface area contributed by atoms with Crippen molar-refractivity contribution in [1.29, 1.82) is 0 Å². The lowest BCUT2D eigenvalue weighted by molar-refractivity contribution is -0.142. The van der Waals surface area contributed by atoms with Gasteiger partial charge in [-0.2, -0.15) is 0 Å². The third-order valence-electron chi connectivity index (χ3n) is 4.67. The molecule has 24 heavy (non-hydrogen) atoms. The molecule has 1 aromatic carbocycles. The molecule has 1 aliphatic rings. The van der Waals surface area contributed by atoms with Crippen LogP contribution in [-0.4, -0.2) is 28.0 Å². The molecule has 0 spiro atoms. The summed E-state index contributed by atoms with van der Waals surface area (Å²) in [5, 5.41) is 12.3. The molecule has 0 radical (unpaired) electrons. The van der Waals surface area contributed by atoms with Crippen molar-refractivity contribution in [3.8, 4) is 11.3 Å². The van der Waals surface area contributed by atoms with E-state index in [4.69, 9.17) is 0 Å². The number of H-pyrrole nitrogens is 1. The van der Waals surface area contributed by atoms with Crippen LogP contribution in [0.25, 0.3) is 11.3 Å². The van der Waals surface area contributed by atoms with Crippen LogP contribution in [0.3, 0.4) is 0 Å². The number of benzene rings is 1. The minimum atomic E-state index is -0.821. The number of carboxylic acids is 1. The molecule has 1 aromatic heterocycles. The fraction of sp³-hybridized carbons (Fsp3) is 0.368. The minimum Gasteiger partial charge on any atom is -0.481 e. The summed E-state index contributed by atoms with van der Waals surface area (Å²) in [6.07, 6.45) is 4.23. The molecule has 3 N–H and O–H groups in total. The molecule has 2 aromatic rings. The van der Waals surface area contributed by atoms with Crippen molar-refractivity contribution in [1.82, 2.24) is 10.3 Å². The molecule has 1 saturated carbocycles.